The molecule has 15 heavy (non-hydrogen) atoms. The number of rotatable bonds is 11. The number of hydrogen-bond acceptors (Lipinski definition) is 4. The van der Waals surface area contributed by atoms with Crippen molar-refractivity contribution in [2.75, 3.05) is 46.2 Å². The topological polar surface area (TPSA) is 56.8 Å². The van der Waals surface area contributed by atoms with Crippen LogP contribution in [0.3, 0.4) is 0 Å². The monoisotopic (exact) mass is 215 g/mol. The first-order valence-electron chi connectivity index (χ1n) is 4.75. The lowest BCUT2D eigenvalue weighted by Gasteiger charge is -2.05. The molecular weight excluding hydrogens is 198 g/mol. The zero-order valence-electron chi connectivity index (χ0n) is 8.74. The van der Waals surface area contributed by atoms with E-state index in [4.69, 9.17) is 20.6 Å². The highest BCUT2D eigenvalue weighted by Crippen LogP contribution is 1.80. The van der Waals surface area contributed by atoms with E-state index in [9.17, 15) is 4.79 Å². The maximum atomic E-state index is 9.85. The van der Waals surface area contributed by atoms with Crippen molar-refractivity contribution < 1.29 is 19.0 Å². The summed E-state index contributed by atoms with van der Waals surface area (Å²) in [6, 6.07) is 0. The van der Waals surface area contributed by atoms with E-state index in [1.807, 2.05) is 0 Å². The van der Waals surface area contributed by atoms with Crippen LogP contribution in [-0.2, 0) is 19.0 Å². The Labute approximate surface area is 90.1 Å². The molecule has 0 unspecified atom stereocenters. The van der Waals surface area contributed by atoms with E-state index in [-0.39, 0.29) is 0 Å². The average Bonchev–Trinajstić information content (AvgIpc) is 2.26. The zero-order valence-corrected chi connectivity index (χ0v) is 8.74. The van der Waals surface area contributed by atoms with Crippen molar-refractivity contribution in [3.63, 3.8) is 0 Å². The molecule has 0 fully saturated rings. The Morgan fingerprint density at radius 3 is 2.27 bits per heavy atom. The van der Waals surface area contributed by atoms with Crippen LogP contribution in [0.1, 0.15) is 0 Å². The second-order valence-electron chi connectivity index (χ2n) is 2.55. The zero-order chi connectivity index (χ0) is 11.2. The Hall–Kier alpha value is -1.09. The summed E-state index contributed by atoms with van der Waals surface area (Å²) >= 11 is 0. The van der Waals surface area contributed by atoms with Gasteiger partial charge in [-0.05, 0) is 0 Å². The molecule has 0 aliphatic carbocycles. The van der Waals surface area contributed by atoms with Gasteiger partial charge in [-0.15, -0.1) is 6.42 Å². The fourth-order valence-corrected chi connectivity index (χ4v) is 0.761. The lowest BCUT2D eigenvalue weighted by Crippen LogP contribution is -2.19. The van der Waals surface area contributed by atoms with Crippen molar-refractivity contribution in [3.8, 4) is 12.3 Å². The molecule has 0 rings (SSSR count). The Kier molecular flexibility index (Phi) is 12.0. The van der Waals surface area contributed by atoms with E-state index in [1.165, 1.54) is 0 Å². The van der Waals surface area contributed by atoms with Crippen LogP contribution in [0.15, 0.2) is 0 Å². The van der Waals surface area contributed by atoms with Gasteiger partial charge in [-0.2, -0.15) is 0 Å². The number of nitrogens with one attached hydrogen (secondary N) is 1. The number of ether oxygens (including phenoxy) is 3. The third kappa shape index (κ3) is 12.9. The molecule has 0 aromatic carbocycles. The predicted molar refractivity (Wildman–Crippen MR) is 55.4 cm³/mol. The number of carbonyl (C=O) groups is 1. The molecule has 0 aromatic heterocycles. The van der Waals surface area contributed by atoms with Crippen molar-refractivity contribution in [2.24, 2.45) is 0 Å². The van der Waals surface area contributed by atoms with Gasteiger partial charge in [0.2, 0.25) is 6.41 Å². The molecule has 0 saturated carbocycles. The molecule has 1 N–H and O–H groups in total. The molecule has 0 atom stereocenters. The SMILES string of the molecule is C#CCOCCOCCOCCNC=O. The minimum Gasteiger partial charge on any atom is -0.377 e. The first kappa shape index (κ1) is 13.9. The number of hydrogen-bond donors (Lipinski definition) is 1. The first-order valence-corrected chi connectivity index (χ1v) is 4.75. The normalized spacial score (nSPS) is 9.53. The van der Waals surface area contributed by atoms with Gasteiger partial charge in [0.1, 0.15) is 6.61 Å². The molecule has 5 heteroatoms. The minimum atomic E-state index is 0.317. The van der Waals surface area contributed by atoms with Crippen molar-refractivity contribution in [2.45, 2.75) is 0 Å². The van der Waals surface area contributed by atoms with Gasteiger partial charge >= 0.3 is 0 Å². The lowest BCUT2D eigenvalue weighted by molar-refractivity contribution is -0.109. The number of amides is 1. The third-order valence-electron chi connectivity index (χ3n) is 1.40. The summed E-state index contributed by atoms with van der Waals surface area (Å²) in [6.07, 6.45) is 5.62. The van der Waals surface area contributed by atoms with Crippen molar-refractivity contribution in [3.05, 3.63) is 0 Å². The van der Waals surface area contributed by atoms with Gasteiger partial charge in [0.25, 0.3) is 0 Å². The molecule has 0 saturated heterocycles. The van der Waals surface area contributed by atoms with Crippen LogP contribution >= 0.6 is 0 Å². The standard InChI is InChI=1S/C10H17NO4/c1-2-4-13-6-8-15-9-7-14-5-3-11-10-12/h1,10H,3-9H2,(H,11,12). The van der Waals surface area contributed by atoms with Crippen LogP contribution in [0.25, 0.3) is 0 Å². The van der Waals surface area contributed by atoms with Crippen LogP contribution in [0.4, 0.5) is 0 Å². The fourth-order valence-electron chi connectivity index (χ4n) is 0.761. The maximum Gasteiger partial charge on any atom is 0.207 e. The van der Waals surface area contributed by atoms with Crippen molar-refractivity contribution in [1.82, 2.24) is 5.32 Å². The van der Waals surface area contributed by atoms with Gasteiger partial charge in [0.05, 0.1) is 33.0 Å². The highest BCUT2D eigenvalue weighted by molar-refractivity contribution is 5.45. The minimum absolute atomic E-state index is 0.317. The summed E-state index contributed by atoms with van der Waals surface area (Å²) in [5, 5.41) is 2.49. The van der Waals surface area contributed by atoms with Crippen LogP contribution in [-0.4, -0.2) is 52.6 Å². The molecule has 0 spiro atoms. The van der Waals surface area contributed by atoms with E-state index < -0.39 is 0 Å². The van der Waals surface area contributed by atoms with Gasteiger partial charge in [0, 0.05) is 6.54 Å². The second-order valence-corrected chi connectivity index (χ2v) is 2.55. The fraction of sp³-hybridized carbons (Fsp3) is 0.700. The highest BCUT2D eigenvalue weighted by atomic mass is 16.5. The summed E-state index contributed by atoms with van der Waals surface area (Å²) < 4.78 is 15.3. The largest absolute Gasteiger partial charge is 0.377 e. The van der Waals surface area contributed by atoms with Gasteiger partial charge in [-0.1, -0.05) is 5.92 Å². The Balaban J connectivity index is 2.87. The van der Waals surface area contributed by atoms with Crippen LogP contribution in [0, 0.1) is 12.3 Å². The molecule has 0 bridgehead atoms. The smallest absolute Gasteiger partial charge is 0.207 e. The summed E-state index contributed by atoms with van der Waals surface area (Å²) in [5.41, 5.74) is 0. The Morgan fingerprint density at radius 2 is 1.67 bits per heavy atom. The molecule has 0 aliphatic heterocycles. The quantitative estimate of drug-likeness (QED) is 0.284. The lowest BCUT2D eigenvalue weighted by atomic mass is 10.6. The molecule has 86 valence electrons. The van der Waals surface area contributed by atoms with Crippen LogP contribution in [0.5, 0.6) is 0 Å². The van der Waals surface area contributed by atoms with E-state index in [1.54, 1.807) is 0 Å². The predicted octanol–water partition coefficient (Wildman–Crippen LogP) is -0.585. The van der Waals surface area contributed by atoms with Crippen molar-refractivity contribution in [1.29, 1.82) is 0 Å². The molecule has 0 heterocycles. The molecule has 5 nitrogen and oxygen atoms in total. The van der Waals surface area contributed by atoms with Gasteiger partial charge in [-0.3, -0.25) is 4.79 Å². The second kappa shape index (κ2) is 12.9. The van der Waals surface area contributed by atoms with E-state index in [0.29, 0.717) is 52.6 Å². The first-order chi connectivity index (χ1) is 7.41. The van der Waals surface area contributed by atoms with Gasteiger partial charge < -0.3 is 19.5 Å². The number of terminal acetylenes is 1. The maximum absolute atomic E-state index is 9.85. The summed E-state index contributed by atoms with van der Waals surface area (Å²) in [5.74, 6) is 2.36. The van der Waals surface area contributed by atoms with Gasteiger partial charge in [0.15, 0.2) is 0 Å². The van der Waals surface area contributed by atoms with Crippen LogP contribution < -0.4 is 5.32 Å². The molecular formula is C10H17NO4. The Morgan fingerprint density at radius 1 is 1.07 bits per heavy atom. The van der Waals surface area contributed by atoms with E-state index in [2.05, 4.69) is 11.2 Å². The van der Waals surface area contributed by atoms with Crippen LogP contribution in [0.2, 0.25) is 0 Å². The van der Waals surface area contributed by atoms with E-state index >= 15 is 0 Å². The highest BCUT2D eigenvalue weighted by Gasteiger charge is 1.90. The average molecular weight is 215 g/mol. The molecule has 1 amide bonds. The number of carbonyl (C=O) groups excluding carboxylic acids is 1. The third-order valence-corrected chi connectivity index (χ3v) is 1.40. The molecule has 0 radical (unpaired) electrons. The summed E-state index contributed by atoms with van der Waals surface area (Å²) in [4.78, 5) is 9.85. The molecule has 0 aliphatic rings. The Bertz CT molecular complexity index is 179. The van der Waals surface area contributed by atoms with E-state index in [0.717, 1.165) is 0 Å². The summed E-state index contributed by atoms with van der Waals surface area (Å²) in [6.45, 7) is 3.37. The van der Waals surface area contributed by atoms with Gasteiger partial charge in [-0.25, -0.2) is 0 Å². The summed E-state index contributed by atoms with van der Waals surface area (Å²) in [7, 11) is 0. The molecule has 0 aromatic rings. The van der Waals surface area contributed by atoms with Crippen molar-refractivity contribution >= 4 is 6.41 Å².